The summed E-state index contributed by atoms with van der Waals surface area (Å²) in [7, 11) is 0. The number of hydrogen-bond acceptors (Lipinski definition) is 8. The number of nitrogens with zero attached hydrogens (tertiary/aromatic N) is 3. The summed E-state index contributed by atoms with van der Waals surface area (Å²) < 4.78 is 5.39. The number of nitrogens with two attached hydrogens (primary N) is 1. The van der Waals surface area contributed by atoms with Crippen LogP contribution < -0.4 is 5.73 Å². The van der Waals surface area contributed by atoms with Crippen LogP contribution in [0.5, 0.6) is 0 Å². The lowest BCUT2D eigenvalue weighted by Gasteiger charge is -2.41. The van der Waals surface area contributed by atoms with Gasteiger partial charge in [0.2, 0.25) is 5.91 Å². The second-order valence-corrected chi connectivity index (χ2v) is 9.88. The first-order valence-corrected chi connectivity index (χ1v) is 11.8. The smallest absolute Gasteiger partial charge is 0.221 e. The lowest BCUT2D eigenvalue weighted by atomic mass is 9.80. The zero-order chi connectivity index (χ0) is 20.4. The van der Waals surface area contributed by atoms with Gasteiger partial charge in [0.25, 0.3) is 0 Å². The Morgan fingerprint density at radius 2 is 2.14 bits per heavy atom. The topological polar surface area (TPSA) is 112 Å². The number of carbonyl (C=O) groups excluding carboxylic acids is 1. The van der Waals surface area contributed by atoms with Gasteiger partial charge in [-0.3, -0.25) is 14.7 Å². The monoisotopic (exact) mass is 440 g/mol. The molecule has 1 aromatic heterocycles. The molecular formula is C19H28N4O4S2. The predicted molar refractivity (Wildman–Crippen MR) is 114 cm³/mol. The first kappa shape index (κ1) is 21.1. The first-order chi connectivity index (χ1) is 14.0. The van der Waals surface area contributed by atoms with E-state index in [9.17, 15) is 15.0 Å². The van der Waals surface area contributed by atoms with E-state index in [4.69, 9.17) is 15.5 Å². The second-order valence-electron chi connectivity index (χ2n) is 7.70. The van der Waals surface area contributed by atoms with Crippen LogP contribution in [0, 0.1) is 5.92 Å². The average Bonchev–Trinajstić information content (AvgIpc) is 3.34. The molecule has 4 rings (SSSR count). The number of carbonyl (C=O) groups is 1. The first-order valence-electron chi connectivity index (χ1n) is 10.0. The summed E-state index contributed by atoms with van der Waals surface area (Å²) in [5.41, 5.74) is 5.64. The van der Waals surface area contributed by atoms with Gasteiger partial charge in [-0.1, -0.05) is 17.8 Å². The number of hydrogen-bond donors (Lipinski definition) is 3. The minimum atomic E-state index is -0.965. The Bertz CT molecular complexity index is 726. The van der Waals surface area contributed by atoms with Gasteiger partial charge in [-0.2, -0.15) is 0 Å². The van der Waals surface area contributed by atoms with Crippen molar-refractivity contribution in [1.29, 1.82) is 0 Å². The summed E-state index contributed by atoms with van der Waals surface area (Å²) in [5, 5.41) is 23.8. The second kappa shape index (κ2) is 9.32. The zero-order valence-corrected chi connectivity index (χ0v) is 17.9. The molecule has 10 heteroatoms. The van der Waals surface area contributed by atoms with Crippen molar-refractivity contribution in [3.05, 3.63) is 22.4 Å². The van der Waals surface area contributed by atoms with Crippen molar-refractivity contribution in [2.24, 2.45) is 16.6 Å². The molecule has 4 N–H and O–H groups in total. The van der Waals surface area contributed by atoms with E-state index < -0.39 is 24.0 Å². The quantitative estimate of drug-likeness (QED) is 0.569. The van der Waals surface area contributed by atoms with Crippen LogP contribution in [0.2, 0.25) is 0 Å². The molecule has 1 saturated carbocycles. The van der Waals surface area contributed by atoms with Gasteiger partial charge < -0.3 is 25.6 Å². The van der Waals surface area contributed by atoms with Gasteiger partial charge in [-0.25, -0.2) is 0 Å². The Morgan fingerprint density at radius 1 is 1.34 bits per heavy atom. The molecular weight excluding hydrogens is 412 g/mol. The van der Waals surface area contributed by atoms with E-state index in [2.05, 4.69) is 9.80 Å². The Labute approximate surface area is 178 Å². The maximum atomic E-state index is 12.0. The Morgan fingerprint density at radius 3 is 2.83 bits per heavy atom. The number of primary amides is 1. The molecule has 0 spiro atoms. The summed E-state index contributed by atoms with van der Waals surface area (Å²) in [4.78, 5) is 22.4. The number of rotatable bonds is 6. The summed E-state index contributed by atoms with van der Waals surface area (Å²) in [6, 6.07) is 3.66. The highest BCUT2D eigenvalue weighted by atomic mass is 32.2. The highest BCUT2D eigenvalue weighted by Crippen LogP contribution is 2.44. The summed E-state index contributed by atoms with van der Waals surface area (Å²) in [6.45, 7) is 5.42. The van der Waals surface area contributed by atoms with Gasteiger partial charge in [0, 0.05) is 29.8 Å². The number of aliphatic imine (C=N–C) groups is 1. The van der Waals surface area contributed by atoms with Crippen LogP contribution in [0.3, 0.4) is 0 Å². The third-order valence-electron chi connectivity index (χ3n) is 5.86. The van der Waals surface area contributed by atoms with E-state index in [0.717, 1.165) is 42.9 Å². The molecule has 0 radical (unpaired) electrons. The van der Waals surface area contributed by atoms with Gasteiger partial charge in [-0.15, -0.1) is 11.3 Å². The number of aliphatic hydroxyl groups is 2. The van der Waals surface area contributed by atoms with E-state index in [1.165, 1.54) is 11.8 Å². The van der Waals surface area contributed by atoms with E-state index >= 15 is 0 Å². The third-order valence-corrected chi connectivity index (χ3v) is 8.17. The number of morpholine rings is 1. The van der Waals surface area contributed by atoms with Crippen molar-refractivity contribution in [1.82, 2.24) is 9.80 Å². The standard InChI is InChI=1S/C19H28N4O4S2/c20-18(26)13-10-14(24)16(25)15-17(13)29-19(23(15)11-12-2-1-9-28-12)21-3-4-22-5-7-27-8-6-22/h1-2,9,13-17,24-25H,3-8,10-11H2,(H2,20,26)/t13-,14+,15-,16-,17+/m0/s1. The third kappa shape index (κ3) is 4.62. The molecule has 0 bridgehead atoms. The molecule has 0 aromatic carbocycles. The van der Waals surface area contributed by atoms with E-state index in [1.807, 2.05) is 17.5 Å². The van der Waals surface area contributed by atoms with Gasteiger partial charge >= 0.3 is 0 Å². The maximum absolute atomic E-state index is 12.0. The molecule has 1 aliphatic carbocycles. The van der Waals surface area contributed by atoms with Gasteiger partial charge in [0.05, 0.1) is 44.4 Å². The number of fused-ring (bicyclic) bond motifs is 1. The van der Waals surface area contributed by atoms with Crippen LogP contribution in [-0.4, -0.2) is 94.0 Å². The molecule has 2 aliphatic heterocycles. The predicted octanol–water partition coefficient (Wildman–Crippen LogP) is -0.0507. The fourth-order valence-corrected chi connectivity index (χ4v) is 6.58. The van der Waals surface area contributed by atoms with Gasteiger partial charge in [-0.05, 0) is 17.9 Å². The Balaban J connectivity index is 1.54. The van der Waals surface area contributed by atoms with Crippen LogP contribution in [0.1, 0.15) is 11.3 Å². The van der Waals surface area contributed by atoms with Crippen molar-refractivity contribution in [2.75, 3.05) is 39.4 Å². The molecule has 29 heavy (non-hydrogen) atoms. The molecule has 8 nitrogen and oxygen atoms in total. The molecule has 3 aliphatic rings. The minimum Gasteiger partial charge on any atom is -0.390 e. The normalized spacial score (nSPS) is 34.5. The van der Waals surface area contributed by atoms with Gasteiger partial charge in [0.15, 0.2) is 5.17 Å². The van der Waals surface area contributed by atoms with E-state index in [1.54, 1.807) is 11.3 Å². The number of amidine groups is 1. The van der Waals surface area contributed by atoms with Crippen LogP contribution in [0.25, 0.3) is 0 Å². The Hall–Kier alpha value is -1.17. The SMILES string of the molecule is NC(=O)[C@H]1C[C@@H](O)[C@H](O)[C@H]2[C@@H]1SC(=NCCN1CCOCC1)N2Cc1cccs1. The highest BCUT2D eigenvalue weighted by Gasteiger charge is 2.54. The fourth-order valence-electron chi connectivity index (χ4n) is 4.29. The maximum Gasteiger partial charge on any atom is 0.221 e. The van der Waals surface area contributed by atoms with Crippen molar-refractivity contribution >= 4 is 34.2 Å². The van der Waals surface area contributed by atoms with Crippen LogP contribution in [0.15, 0.2) is 22.5 Å². The minimum absolute atomic E-state index is 0.193. The lowest BCUT2D eigenvalue weighted by molar-refractivity contribution is -0.128. The highest BCUT2D eigenvalue weighted by molar-refractivity contribution is 8.14. The van der Waals surface area contributed by atoms with Crippen LogP contribution >= 0.6 is 23.1 Å². The largest absolute Gasteiger partial charge is 0.390 e. The summed E-state index contributed by atoms with van der Waals surface area (Å²) >= 11 is 3.16. The van der Waals surface area contributed by atoms with Crippen molar-refractivity contribution < 1.29 is 19.7 Å². The van der Waals surface area contributed by atoms with E-state index in [0.29, 0.717) is 13.1 Å². The van der Waals surface area contributed by atoms with Crippen LogP contribution in [0.4, 0.5) is 0 Å². The summed E-state index contributed by atoms with van der Waals surface area (Å²) in [5.74, 6) is -0.912. The molecule has 0 unspecified atom stereocenters. The molecule has 3 heterocycles. The number of aliphatic hydroxyl groups excluding tert-OH is 2. The molecule has 160 valence electrons. The number of thioether (sulfide) groups is 1. The molecule has 1 amide bonds. The van der Waals surface area contributed by atoms with Crippen molar-refractivity contribution in [3.8, 4) is 0 Å². The number of amides is 1. The summed E-state index contributed by atoms with van der Waals surface area (Å²) in [6.07, 6.45) is -1.71. The van der Waals surface area contributed by atoms with Crippen LogP contribution in [-0.2, 0) is 16.1 Å². The fraction of sp³-hybridized carbons (Fsp3) is 0.684. The number of ether oxygens (including phenoxy) is 1. The molecule has 2 saturated heterocycles. The van der Waals surface area contributed by atoms with Crippen molar-refractivity contribution in [3.63, 3.8) is 0 Å². The van der Waals surface area contributed by atoms with E-state index in [-0.39, 0.29) is 17.7 Å². The Kier molecular flexibility index (Phi) is 6.77. The molecule has 3 fully saturated rings. The molecule has 5 atom stereocenters. The average molecular weight is 441 g/mol. The lowest BCUT2D eigenvalue weighted by Crippen LogP contribution is -2.58. The molecule has 1 aromatic rings. The van der Waals surface area contributed by atoms with Crippen molar-refractivity contribution in [2.45, 2.75) is 36.5 Å². The zero-order valence-electron chi connectivity index (χ0n) is 16.2. The number of thiophene rings is 1. The van der Waals surface area contributed by atoms with Gasteiger partial charge in [0.1, 0.15) is 6.10 Å².